The molecule has 2 aromatic carbocycles. The number of nitrogens with one attached hydrogen (secondary N) is 2. The monoisotopic (exact) mass is 309 g/mol. The third-order valence-corrected chi connectivity index (χ3v) is 3.59. The lowest BCUT2D eigenvalue weighted by Crippen LogP contribution is -2.31. The maximum Gasteiger partial charge on any atom is 0.246 e. The van der Waals surface area contributed by atoms with Gasteiger partial charge in [-0.15, -0.1) is 0 Å². The zero-order valence-corrected chi connectivity index (χ0v) is 13.4. The van der Waals surface area contributed by atoms with Crippen LogP contribution in [0.25, 0.3) is 11.1 Å². The Balaban J connectivity index is 1.67. The number of aromatic nitrogens is 1. The number of rotatable bonds is 4. The highest BCUT2D eigenvalue weighted by molar-refractivity contribution is 5.96. The molecular weight excluding hydrogens is 290 g/mol. The summed E-state index contributed by atoms with van der Waals surface area (Å²) in [6.45, 7) is 5.64. The van der Waals surface area contributed by atoms with Crippen molar-refractivity contribution in [2.45, 2.75) is 26.8 Å². The van der Waals surface area contributed by atoms with E-state index < -0.39 is 0 Å². The summed E-state index contributed by atoms with van der Waals surface area (Å²) in [6, 6.07) is 12.9. The first-order valence-electron chi connectivity index (χ1n) is 7.52. The maximum atomic E-state index is 12.3. The number of aryl methyl sites for hydroxylation is 2. The topological polar surface area (TPSA) is 67.2 Å². The van der Waals surface area contributed by atoms with Gasteiger partial charge in [-0.1, -0.05) is 17.7 Å². The summed E-state index contributed by atoms with van der Waals surface area (Å²) in [4.78, 5) is 16.6. The molecule has 0 saturated heterocycles. The van der Waals surface area contributed by atoms with Crippen molar-refractivity contribution >= 4 is 28.4 Å². The fraction of sp³-hybridized carbons (Fsp3) is 0.222. The van der Waals surface area contributed by atoms with Crippen LogP contribution in [0.5, 0.6) is 0 Å². The van der Waals surface area contributed by atoms with Crippen LogP contribution in [0.3, 0.4) is 0 Å². The molecule has 5 nitrogen and oxygen atoms in total. The Kier molecular flexibility index (Phi) is 4.02. The van der Waals surface area contributed by atoms with Gasteiger partial charge < -0.3 is 15.1 Å². The Morgan fingerprint density at radius 2 is 1.78 bits per heavy atom. The van der Waals surface area contributed by atoms with Crippen molar-refractivity contribution in [1.82, 2.24) is 4.98 Å². The van der Waals surface area contributed by atoms with Crippen LogP contribution in [-0.2, 0) is 4.79 Å². The number of fused-ring (bicyclic) bond motifs is 1. The van der Waals surface area contributed by atoms with E-state index in [0.717, 1.165) is 28.0 Å². The summed E-state index contributed by atoms with van der Waals surface area (Å²) in [7, 11) is 0. The van der Waals surface area contributed by atoms with E-state index in [9.17, 15) is 4.79 Å². The Bertz CT molecular complexity index is 837. The van der Waals surface area contributed by atoms with Crippen LogP contribution in [0.1, 0.15) is 18.4 Å². The molecule has 0 saturated carbocycles. The summed E-state index contributed by atoms with van der Waals surface area (Å²) in [5.41, 5.74) is 4.29. The SMILES string of the molecule is Cc1ccc(NC(=O)[C@H](C)Nc2ccc3oc(C)nc3c2)cc1. The Hall–Kier alpha value is -2.82. The number of benzene rings is 2. The van der Waals surface area contributed by atoms with E-state index in [1.165, 1.54) is 0 Å². The molecule has 2 N–H and O–H groups in total. The minimum absolute atomic E-state index is 0.0923. The molecule has 23 heavy (non-hydrogen) atoms. The van der Waals surface area contributed by atoms with Crippen molar-refractivity contribution in [3.05, 3.63) is 53.9 Å². The molecule has 1 aromatic heterocycles. The van der Waals surface area contributed by atoms with Gasteiger partial charge in [0.05, 0.1) is 0 Å². The fourth-order valence-corrected chi connectivity index (χ4v) is 2.34. The number of hydrogen-bond acceptors (Lipinski definition) is 4. The second-order valence-electron chi connectivity index (χ2n) is 5.64. The largest absolute Gasteiger partial charge is 0.441 e. The predicted octanol–water partition coefficient (Wildman–Crippen LogP) is 3.88. The molecule has 3 aromatic rings. The second kappa shape index (κ2) is 6.12. The highest BCUT2D eigenvalue weighted by Gasteiger charge is 2.13. The molecule has 0 aliphatic rings. The van der Waals surface area contributed by atoms with Crippen LogP contribution in [0.2, 0.25) is 0 Å². The maximum absolute atomic E-state index is 12.3. The number of anilines is 2. The van der Waals surface area contributed by atoms with Gasteiger partial charge >= 0.3 is 0 Å². The third kappa shape index (κ3) is 3.51. The number of hydrogen-bond donors (Lipinski definition) is 2. The van der Waals surface area contributed by atoms with Crippen LogP contribution in [0.4, 0.5) is 11.4 Å². The molecule has 0 aliphatic carbocycles. The second-order valence-corrected chi connectivity index (χ2v) is 5.64. The van der Waals surface area contributed by atoms with Gasteiger partial charge in [0, 0.05) is 18.3 Å². The Morgan fingerprint density at radius 3 is 2.52 bits per heavy atom. The van der Waals surface area contributed by atoms with Gasteiger partial charge in [-0.25, -0.2) is 4.98 Å². The predicted molar refractivity (Wildman–Crippen MR) is 91.6 cm³/mol. The van der Waals surface area contributed by atoms with Gasteiger partial charge in [0.1, 0.15) is 11.6 Å². The van der Waals surface area contributed by atoms with Crippen molar-refractivity contribution < 1.29 is 9.21 Å². The van der Waals surface area contributed by atoms with E-state index in [4.69, 9.17) is 4.42 Å². The van der Waals surface area contributed by atoms with Crippen molar-refractivity contribution in [3.8, 4) is 0 Å². The third-order valence-electron chi connectivity index (χ3n) is 3.59. The van der Waals surface area contributed by atoms with Crippen LogP contribution >= 0.6 is 0 Å². The minimum Gasteiger partial charge on any atom is -0.441 e. The standard InChI is InChI=1S/C18H19N3O2/c1-11-4-6-14(7-5-11)21-18(22)12(2)19-15-8-9-17-16(10-15)20-13(3)23-17/h4-10,12,19H,1-3H3,(H,21,22)/t12-/m0/s1. The van der Waals surface area contributed by atoms with E-state index >= 15 is 0 Å². The first-order chi connectivity index (χ1) is 11.0. The van der Waals surface area contributed by atoms with E-state index in [2.05, 4.69) is 15.6 Å². The minimum atomic E-state index is -0.373. The van der Waals surface area contributed by atoms with E-state index in [1.807, 2.05) is 63.2 Å². The number of carbonyl (C=O) groups is 1. The average Bonchev–Trinajstić information content (AvgIpc) is 2.88. The molecule has 0 spiro atoms. The van der Waals surface area contributed by atoms with Crippen LogP contribution < -0.4 is 10.6 Å². The van der Waals surface area contributed by atoms with E-state index in [-0.39, 0.29) is 11.9 Å². The zero-order chi connectivity index (χ0) is 16.4. The quantitative estimate of drug-likeness (QED) is 0.767. The summed E-state index contributed by atoms with van der Waals surface area (Å²) >= 11 is 0. The first-order valence-corrected chi connectivity index (χ1v) is 7.52. The van der Waals surface area contributed by atoms with Gasteiger partial charge in [-0.05, 0) is 44.2 Å². The van der Waals surface area contributed by atoms with Gasteiger partial charge in [-0.3, -0.25) is 4.79 Å². The number of amides is 1. The molecule has 0 aliphatic heterocycles. The molecule has 1 amide bonds. The Labute approximate surface area is 134 Å². The van der Waals surface area contributed by atoms with Crippen molar-refractivity contribution in [2.24, 2.45) is 0 Å². The molecule has 0 unspecified atom stereocenters. The van der Waals surface area contributed by atoms with Gasteiger partial charge in [0.15, 0.2) is 11.5 Å². The molecule has 1 atom stereocenters. The van der Waals surface area contributed by atoms with Crippen LogP contribution in [0, 0.1) is 13.8 Å². The van der Waals surface area contributed by atoms with Crippen LogP contribution in [-0.4, -0.2) is 16.9 Å². The smallest absolute Gasteiger partial charge is 0.246 e. The van der Waals surface area contributed by atoms with E-state index in [0.29, 0.717) is 5.89 Å². The van der Waals surface area contributed by atoms with Crippen molar-refractivity contribution in [1.29, 1.82) is 0 Å². The molecule has 0 bridgehead atoms. The van der Waals surface area contributed by atoms with Gasteiger partial charge in [0.2, 0.25) is 5.91 Å². The molecular formula is C18H19N3O2. The van der Waals surface area contributed by atoms with Gasteiger partial charge in [-0.2, -0.15) is 0 Å². The normalized spacial score (nSPS) is 12.1. The lowest BCUT2D eigenvalue weighted by Gasteiger charge is -2.15. The van der Waals surface area contributed by atoms with E-state index in [1.54, 1.807) is 0 Å². The summed E-state index contributed by atoms with van der Waals surface area (Å²) in [6.07, 6.45) is 0. The molecule has 1 heterocycles. The Morgan fingerprint density at radius 1 is 1.09 bits per heavy atom. The lowest BCUT2D eigenvalue weighted by atomic mass is 10.2. The first kappa shape index (κ1) is 15.1. The van der Waals surface area contributed by atoms with Gasteiger partial charge in [0.25, 0.3) is 0 Å². The summed E-state index contributed by atoms with van der Waals surface area (Å²) in [5, 5.41) is 6.08. The number of carbonyl (C=O) groups excluding carboxylic acids is 1. The lowest BCUT2D eigenvalue weighted by molar-refractivity contribution is -0.116. The molecule has 0 radical (unpaired) electrons. The highest BCUT2D eigenvalue weighted by Crippen LogP contribution is 2.20. The van der Waals surface area contributed by atoms with Crippen molar-refractivity contribution in [3.63, 3.8) is 0 Å². The fourth-order valence-electron chi connectivity index (χ4n) is 2.34. The molecule has 118 valence electrons. The van der Waals surface area contributed by atoms with Crippen LogP contribution in [0.15, 0.2) is 46.9 Å². The number of nitrogens with zero attached hydrogens (tertiary/aromatic N) is 1. The molecule has 3 rings (SSSR count). The molecule has 5 heteroatoms. The molecule has 0 fully saturated rings. The summed E-state index contributed by atoms with van der Waals surface area (Å²) in [5.74, 6) is 0.535. The highest BCUT2D eigenvalue weighted by atomic mass is 16.3. The van der Waals surface area contributed by atoms with Crippen molar-refractivity contribution in [2.75, 3.05) is 10.6 Å². The average molecular weight is 309 g/mol. The summed E-state index contributed by atoms with van der Waals surface area (Å²) < 4.78 is 5.45. The number of oxazole rings is 1. The zero-order valence-electron chi connectivity index (χ0n) is 13.4.